The first-order chi connectivity index (χ1) is 10.4. The largest absolute Gasteiger partial charge is 0.494 e. The van der Waals surface area contributed by atoms with Gasteiger partial charge in [0.15, 0.2) is 11.5 Å². The van der Waals surface area contributed by atoms with Gasteiger partial charge in [-0.05, 0) is 6.08 Å². The van der Waals surface area contributed by atoms with Gasteiger partial charge in [-0.25, -0.2) is 4.79 Å². The number of carboxylic acids is 1. The molecule has 6 nitrogen and oxygen atoms in total. The van der Waals surface area contributed by atoms with Gasteiger partial charge in [0, 0.05) is 14.1 Å². The number of carbonyl (C=O) groups is 1. The predicted molar refractivity (Wildman–Crippen MR) is 88.4 cm³/mol. The van der Waals surface area contributed by atoms with Crippen molar-refractivity contribution in [3.8, 4) is 17.6 Å². The topological polar surface area (TPSA) is 82.8 Å². The first kappa shape index (κ1) is 16.1. The van der Waals surface area contributed by atoms with Gasteiger partial charge in [0.2, 0.25) is 0 Å². The van der Waals surface area contributed by atoms with E-state index in [4.69, 9.17) is 19.8 Å². The number of aliphatic carboxylic acids is 1. The fraction of sp³-hybridized carbons (Fsp3) is 0.286. The molecule has 0 fully saturated rings. The molecule has 2 aromatic heterocycles. The van der Waals surface area contributed by atoms with Crippen LogP contribution in [0.25, 0.3) is 15.5 Å². The highest BCUT2D eigenvalue weighted by Crippen LogP contribution is 2.53. The van der Waals surface area contributed by atoms with Gasteiger partial charge in [-0.1, -0.05) is 0 Å². The van der Waals surface area contributed by atoms with Crippen LogP contribution in [0.4, 0.5) is 5.00 Å². The van der Waals surface area contributed by atoms with Crippen molar-refractivity contribution >= 4 is 49.1 Å². The van der Waals surface area contributed by atoms with Crippen LogP contribution < -0.4 is 14.4 Å². The van der Waals surface area contributed by atoms with Crippen molar-refractivity contribution in [1.82, 2.24) is 0 Å². The Balaban J connectivity index is 2.72. The maximum absolute atomic E-state index is 11.0. The van der Waals surface area contributed by atoms with E-state index in [0.717, 1.165) is 20.2 Å². The van der Waals surface area contributed by atoms with Crippen LogP contribution in [0.5, 0.6) is 11.5 Å². The van der Waals surface area contributed by atoms with E-state index in [2.05, 4.69) is 0 Å². The highest BCUT2D eigenvalue weighted by Gasteiger charge is 2.23. The summed E-state index contributed by atoms with van der Waals surface area (Å²) < 4.78 is 12.6. The average Bonchev–Trinajstić information content (AvgIpc) is 2.98. The van der Waals surface area contributed by atoms with Crippen LogP contribution in [0.15, 0.2) is 5.57 Å². The van der Waals surface area contributed by atoms with E-state index >= 15 is 0 Å². The van der Waals surface area contributed by atoms with Crippen molar-refractivity contribution in [2.45, 2.75) is 0 Å². The van der Waals surface area contributed by atoms with Crippen LogP contribution in [0, 0.1) is 11.3 Å². The zero-order valence-electron chi connectivity index (χ0n) is 12.5. The van der Waals surface area contributed by atoms with Gasteiger partial charge in [-0.2, -0.15) is 5.26 Å². The van der Waals surface area contributed by atoms with Crippen molar-refractivity contribution in [1.29, 1.82) is 5.26 Å². The number of anilines is 1. The molecule has 0 spiro atoms. The summed E-state index contributed by atoms with van der Waals surface area (Å²) in [7, 11) is 6.95. The van der Waals surface area contributed by atoms with Crippen LogP contribution in [0.1, 0.15) is 4.88 Å². The smallest absolute Gasteiger partial charge is 0.346 e. The normalized spacial score (nSPS) is 11.3. The fourth-order valence-corrected chi connectivity index (χ4v) is 4.57. The minimum absolute atomic E-state index is 0.334. The lowest BCUT2D eigenvalue weighted by Crippen LogP contribution is -2.07. The summed E-state index contributed by atoms with van der Waals surface area (Å²) in [5, 5.41) is 18.8. The van der Waals surface area contributed by atoms with Crippen molar-refractivity contribution in [2.75, 3.05) is 33.2 Å². The van der Waals surface area contributed by atoms with E-state index in [1.54, 1.807) is 13.2 Å². The quantitative estimate of drug-likeness (QED) is 0.666. The molecule has 1 N–H and O–H groups in total. The Labute approximate surface area is 135 Å². The summed E-state index contributed by atoms with van der Waals surface area (Å²) in [6.45, 7) is 0. The van der Waals surface area contributed by atoms with Crippen LogP contribution in [0.2, 0.25) is 0 Å². The average molecular weight is 338 g/mol. The lowest BCUT2D eigenvalue weighted by atomic mass is 10.2. The second kappa shape index (κ2) is 6.25. The van der Waals surface area contributed by atoms with Gasteiger partial charge in [0.05, 0.1) is 28.5 Å². The fourth-order valence-electron chi connectivity index (χ4n) is 1.94. The predicted octanol–water partition coefficient (Wildman–Crippen LogP) is 3.04. The number of thiophene rings is 2. The van der Waals surface area contributed by atoms with Gasteiger partial charge in [-0.3, -0.25) is 0 Å². The number of carboxylic acid groups (broad SMARTS) is 1. The molecule has 116 valence electrons. The molecule has 0 saturated carbocycles. The molecule has 0 aliphatic carbocycles. The summed E-state index contributed by atoms with van der Waals surface area (Å²) in [4.78, 5) is 13.5. The van der Waals surface area contributed by atoms with E-state index in [9.17, 15) is 4.79 Å². The molecule has 0 aliphatic rings. The minimum atomic E-state index is -1.26. The van der Waals surface area contributed by atoms with E-state index < -0.39 is 5.97 Å². The Morgan fingerprint density at radius 1 is 1.23 bits per heavy atom. The zero-order chi connectivity index (χ0) is 16.4. The second-order valence-electron chi connectivity index (χ2n) is 4.47. The standard InChI is InChI=1S/C14H14N2O4S2/c1-16(2)13-10(20-4)12-11(22-13)9(19-3)8(21-12)5-7(6-15)14(17)18/h5H,1-4H3,(H,17,18)/b7-5+. The summed E-state index contributed by atoms with van der Waals surface area (Å²) >= 11 is 2.84. The highest BCUT2D eigenvalue weighted by molar-refractivity contribution is 7.31. The zero-order valence-corrected chi connectivity index (χ0v) is 14.1. The number of nitrogens with zero attached hydrogens (tertiary/aromatic N) is 2. The molecule has 0 aromatic carbocycles. The second-order valence-corrected chi connectivity index (χ2v) is 6.52. The van der Waals surface area contributed by atoms with Gasteiger partial charge >= 0.3 is 5.97 Å². The van der Waals surface area contributed by atoms with Crippen molar-refractivity contribution in [2.24, 2.45) is 0 Å². The Bertz CT molecular complexity index is 796. The number of methoxy groups -OCH3 is 2. The van der Waals surface area contributed by atoms with Crippen molar-refractivity contribution in [3.63, 3.8) is 0 Å². The maximum atomic E-state index is 11.0. The third-order valence-corrected chi connectivity index (χ3v) is 5.47. The molecule has 0 radical (unpaired) electrons. The maximum Gasteiger partial charge on any atom is 0.346 e. The molecule has 0 saturated heterocycles. The molecule has 0 amide bonds. The van der Waals surface area contributed by atoms with Crippen LogP contribution >= 0.6 is 22.7 Å². The van der Waals surface area contributed by atoms with E-state index in [0.29, 0.717) is 10.6 Å². The van der Waals surface area contributed by atoms with Crippen LogP contribution in [-0.2, 0) is 4.79 Å². The lowest BCUT2D eigenvalue weighted by molar-refractivity contribution is -0.132. The van der Waals surface area contributed by atoms with Gasteiger partial charge in [0.1, 0.15) is 16.6 Å². The number of ether oxygens (including phenoxy) is 2. The summed E-state index contributed by atoms with van der Waals surface area (Å²) in [6, 6.07) is 1.67. The van der Waals surface area contributed by atoms with Crippen LogP contribution in [0.3, 0.4) is 0 Å². The first-order valence-corrected chi connectivity index (χ1v) is 7.77. The first-order valence-electron chi connectivity index (χ1n) is 6.14. The minimum Gasteiger partial charge on any atom is -0.494 e. The summed E-state index contributed by atoms with van der Waals surface area (Å²) in [6.07, 6.45) is 1.33. The van der Waals surface area contributed by atoms with Crippen LogP contribution in [-0.4, -0.2) is 39.4 Å². The molecule has 2 heterocycles. The van der Waals surface area contributed by atoms with Crippen molar-refractivity contribution < 1.29 is 19.4 Å². The molecule has 22 heavy (non-hydrogen) atoms. The number of hydrogen-bond acceptors (Lipinski definition) is 7. The SMILES string of the molecule is COc1c(/C=C(\C#N)C(=O)O)sc2c(OC)c(N(C)C)sc12. The number of fused-ring (bicyclic) bond motifs is 1. The number of hydrogen-bond donors (Lipinski definition) is 1. The Hall–Kier alpha value is -2.24. The molecular weight excluding hydrogens is 324 g/mol. The molecule has 2 rings (SSSR count). The number of rotatable bonds is 5. The summed E-state index contributed by atoms with van der Waals surface area (Å²) in [5.41, 5.74) is -0.334. The van der Waals surface area contributed by atoms with Gasteiger partial charge in [0.25, 0.3) is 0 Å². The Morgan fingerprint density at radius 3 is 2.27 bits per heavy atom. The molecule has 2 aromatic rings. The number of nitriles is 1. The molecule has 0 aliphatic heterocycles. The van der Waals surface area contributed by atoms with Crippen molar-refractivity contribution in [3.05, 3.63) is 10.5 Å². The van der Waals surface area contributed by atoms with E-state index in [1.807, 2.05) is 19.0 Å². The third kappa shape index (κ3) is 2.61. The molecule has 8 heteroatoms. The van der Waals surface area contributed by atoms with E-state index in [1.165, 1.54) is 35.9 Å². The third-order valence-electron chi connectivity index (χ3n) is 2.89. The van der Waals surface area contributed by atoms with E-state index in [-0.39, 0.29) is 5.57 Å². The van der Waals surface area contributed by atoms with Gasteiger partial charge in [-0.15, -0.1) is 22.7 Å². The molecular formula is C14H14N2O4S2. The molecule has 0 atom stereocenters. The summed E-state index contributed by atoms with van der Waals surface area (Å²) in [5.74, 6) is 0.0226. The monoisotopic (exact) mass is 338 g/mol. The highest BCUT2D eigenvalue weighted by atomic mass is 32.1. The molecule has 0 bridgehead atoms. The lowest BCUT2D eigenvalue weighted by Gasteiger charge is -2.11. The Morgan fingerprint density at radius 2 is 1.82 bits per heavy atom. The van der Waals surface area contributed by atoms with Gasteiger partial charge < -0.3 is 19.5 Å². The molecule has 0 unspecified atom stereocenters. The Kier molecular flexibility index (Phi) is 4.59.